The summed E-state index contributed by atoms with van der Waals surface area (Å²) >= 11 is 0. The highest BCUT2D eigenvalue weighted by Crippen LogP contribution is 2.22. The van der Waals surface area contributed by atoms with E-state index in [2.05, 4.69) is 4.72 Å². The molecule has 0 bridgehead atoms. The highest BCUT2D eigenvalue weighted by Gasteiger charge is 2.36. The second-order valence-corrected chi connectivity index (χ2v) is 7.18. The van der Waals surface area contributed by atoms with Crippen LogP contribution in [0.3, 0.4) is 0 Å². The molecule has 2 rings (SSSR count). The van der Waals surface area contributed by atoms with Crippen LogP contribution in [-0.2, 0) is 35.8 Å². The van der Waals surface area contributed by atoms with Crippen molar-refractivity contribution in [2.45, 2.75) is 32.9 Å². The van der Waals surface area contributed by atoms with Gasteiger partial charge in [-0.05, 0) is 19.4 Å². The second-order valence-electron chi connectivity index (χ2n) is 5.52. The number of ether oxygens (including phenoxy) is 2. The van der Waals surface area contributed by atoms with Crippen LogP contribution in [0.25, 0.3) is 0 Å². The maximum absolute atomic E-state index is 12.5. The van der Waals surface area contributed by atoms with E-state index in [4.69, 9.17) is 9.47 Å². The van der Waals surface area contributed by atoms with Crippen LogP contribution in [0.15, 0.2) is 42.1 Å². The van der Waals surface area contributed by atoms with E-state index in [0.29, 0.717) is 0 Å². The number of carbonyl (C=O) groups excluding carboxylic acids is 2. The standard InChI is InChI=1S/C17H22N2O6S/c1-3-24-16(20)10-15-14(17(21)25-4-2)12-19(26(22,23)18-15)11-13-8-6-5-7-9-13/h5-9,12,15,18H,3-4,10-11H2,1-2H3. The third-order valence-electron chi connectivity index (χ3n) is 3.63. The van der Waals surface area contributed by atoms with Crippen molar-refractivity contribution in [3.8, 4) is 0 Å². The average Bonchev–Trinajstić information content (AvgIpc) is 2.58. The summed E-state index contributed by atoms with van der Waals surface area (Å²) in [7, 11) is -3.92. The lowest BCUT2D eigenvalue weighted by Crippen LogP contribution is -2.50. The number of hydrogen-bond donors (Lipinski definition) is 1. The molecule has 1 N–H and O–H groups in total. The Kier molecular flexibility index (Phi) is 6.76. The van der Waals surface area contributed by atoms with Crippen LogP contribution in [0.2, 0.25) is 0 Å². The van der Waals surface area contributed by atoms with E-state index in [9.17, 15) is 18.0 Å². The number of hydrogen-bond acceptors (Lipinski definition) is 6. The molecule has 0 saturated carbocycles. The van der Waals surface area contributed by atoms with Crippen LogP contribution in [0.5, 0.6) is 0 Å². The van der Waals surface area contributed by atoms with Gasteiger partial charge in [0.15, 0.2) is 0 Å². The van der Waals surface area contributed by atoms with Gasteiger partial charge in [-0.15, -0.1) is 0 Å². The first-order chi connectivity index (χ1) is 12.4. The Bertz CT molecular complexity index is 776. The number of carbonyl (C=O) groups is 2. The number of nitrogens with one attached hydrogen (secondary N) is 1. The number of esters is 2. The molecule has 0 amide bonds. The molecule has 0 radical (unpaired) electrons. The fraction of sp³-hybridized carbons (Fsp3) is 0.412. The zero-order chi connectivity index (χ0) is 19.2. The molecule has 0 spiro atoms. The molecule has 1 aromatic rings. The van der Waals surface area contributed by atoms with Crippen molar-refractivity contribution in [3.63, 3.8) is 0 Å². The number of benzene rings is 1. The first kappa shape index (κ1) is 19.9. The first-order valence-corrected chi connectivity index (χ1v) is 9.68. The molecule has 26 heavy (non-hydrogen) atoms. The lowest BCUT2D eigenvalue weighted by Gasteiger charge is -2.31. The molecule has 0 saturated heterocycles. The van der Waals surface area contributed by atoms with Crippen molar-refractivity contribution < 1.29 is 27.5 Å². The molecule has 0 aromatic heterocycles. The fourth-order valence-electron chi connectivity index (χ4n) is 2.47. The Morgan fingerprint density at radius 2 is 1.77 bits per heavy atom. The van der Waals surface area contributed by atoms with Crippen molar-refractivity contribution in [1.29, 1.82) is 0 Å². The average molecular weight is 382 g/mol. The fourth-order valence-corrected chi connectivity index (χ4v) is 3.74. The van der Waals surface area contributed by atoms with Gasteiger partial charge in [-0.25, -0.2) is 4.79 Å². The minimum absolute atomic E-state index is 0.0468. The minimum Gasteiger partial charge on any atom is -0.466 e. The van der Waals surface area contributed by atoms with Crippen molar-refractivity contribution >= 4 is 22.1 Å². The summed E-state index contributed by atoms with van der Waals surface area (Å²) in [5.41, 5.74) is 0.812. The number of nitrogens with zero attached hydrogens (tertiary/aromatic N) is 1. The molecule has 1 aromatic carbocycles. The van der Waals surface area contributed by atoms with Crippen molar-refractivity contribution in [1.82, 2.24) is 9.03 Å². The molecule has 0 aliphatic carbocycles. The van der Waals surface area contributed by atoms with E-state index < -0.39 is 28.2 Å². The van der Waals surface area contributed by atoms with E-state index in [0.717, 1.165) is 9.87 Å². The zero-order valence-corrected chi connectivity index (χ0v) is 15.5. The Labute approximate surface area is 153 Å². The largest absolute Gasteiger partial charge is 0.466 e. The van der Waals surface area contributed by atoms with Gasteiger partial charge in [-0.1, -0.05) is 30.3 Å². The van der Waals surface area contributed by atoms with Crippen LogP contribution in [-0.4, -0.2) is 43.9 Å². The first-order valence-electron chi connectivity index (χ1n) is 8.24. The maximum Gasteiger partial charge on any atom is 0.337 e. The Morgan fingerprint density at radius 1 is 1.12 bits per heavy atom. The van der Waals surface area contributed by atoms with Gasteiger partial charge in [-0.2, -0.15) is 13.1 Å². The van der Waals surface area contributed by atoms with Crippen molar-refractivity contribution in [2.75, 3.05) is 13.2 Å². The van der Waals surface area contributed by atoms with Gasteiger partial charge >= 0.3 is 22.1 Å². The third-order valence-corrected chi connectivity index (χ3v) is 5.06. The second kappa shape index (κ2) is 8.81. The normalized spacial score (nSPS) is 18.8. The molecular formula is C17H22N2O6S. The Hall–Kier alpha value is -2.39. The highest BCUT2D eigenvalue weighted by atomic mass is 32.2. The molecule has 1 heterocycles. The van der Waals surface area contributed by atoms with Crippen LogP contribution in [0.1, 0.15) is 25.8 Å². The topological polar surface area (TPSA) is 102 Å². The summed E-state index contributed by atoms with van der Waals surface area (Å²) in [5.74, 6) is -1.28. The quantitative estimate of drug-likeness (QED) is 0.709. The van der Waals surface area contributed by atoms with Crippen LogP contribution in [0.4, 0.5) is 0 Å². The molecule has 9 heteroatoms. The van der Waals surface area contributed by atoms with Gasteiger partial charge in [0.2, 0.25) is 0 Å². The summed E-state index contributed by atoms with van der Waals surface area (Å²) in [6.45, 7) is 3.63. The SMILES string of the molecule is CCOC(=O)CC1NS(=O)(=O)N(Cc2ccccc2)C=C1C(=O)OCC. The highest BCUT2D eigenvalue weighted by molar-refractivity contribution is 7.87. The predicted molar refractivity (Wildman–Crippen MR) is 93.8 cm³/mol. The van der Waals surface area contributed by atoms with Crippen LogP contribution < -0.4 is 4.72 Å². The lowest BCUT2D eigenvalue weighted by molar-refractivity contribution is -0.143. The van der Waals surface area contributed by atoms with Gasteiger partial charge in [0, 0.05) is 6.20 Å². The summed E-state index contributed by atoms with van der Waals surface area (Å²) in [6.07, 6.45) is 0.928. The summed E-state index contributed by atoms with van der Waals surface area (Å²) in [6, 6.07) is 7.92. The van der Waals surface area contributed by atoms with Gasteiger partial charge in [0.05, 0.1) is 37.8 Å². The summed E-state index contributed by atoms with van der Waals surface area (Å²) in [5, 5.41) is 0. The summed E-state index contributed by atoms with van der Waals surface area (Å²) < 4.78 is 38.3. The van der Waals surface area contributed by atoms with E-state index >= 15 is 0 Å². The molecule has 1 aliphatic heterocycles. The van der Waals surface area contributed by atoms with E-state index in [-0.39, 0.29) is 31.8 Å². The van der Waals surface area contributed by atoms with Crippen molar-refractivity contribution in [3.05, 3.63) is 47.7 Å². The molecule has 8 nitrogen and oxygen atoms in total. The van der Waals surface area contributed by atoms with Gasteiger partial charge in [0.1, 0.15) is 0 Å². The smallest absolute Gasteiger partial charge is 0.337 e. The molecule has 1 unspecified atom stereocenters. The van der Waals surface area contributed by atoms with E-state index in [1.54, 1.807) is 38.1 Å². The maximum atomic E-state index is 12.5. The van der Waals surface area contributed by atoms with E-state index in [1.165, 1.54) is 6.20 Å². The molecular weight excluding hydrogens is 360 g/mol. The Morgan fingerprint density at radius 3 is 2.38 bits per heavy atom. The molecule has 0 fully saturated rings. The van der Waals surface area contributed by atoms with Gasteiger partial charge in [-0.3, -0.25) is 9.10 Å². The summed E-state index contributed by atoms with van der Waals surface area (Å²) in [4.78, 5) is 24.0. The minimum atomic E-state index is -3.92. The van der Waals surface area contributed by atoms with Crippen LogP contribution >= 0.6 is 0 Å². The van der Waals surface area contributed by atoms with Crippen LogP contribution in [0, 0.1) is 0 Å². The van der Waals surface area contributed by atoms with E-state index in [1.807, 2.05) is 6.07 Å². The number of rotatable bonds is 7. The monoisotopic (exact) mass is 382 g/mol. The lowest BCUT2D eigenvalue weighted by atomic mass is 10.1. The van der Waals surface area contributed by atoms with Gasteiger partial charge < -0.3 is 9.47 Å². The predicted octanol–water partition coefficient (Wildman–Crippen LogP) is 1.11. The van der Waals surface area contributed by atoms with Crippen molar-refractivity contribution in [2.24, 2.45) is 0 Å². The molecule has 142 valence electrons. The van der Waals surface area contributed by atoms with Gasteiger partial charge in [0.25, 0.3) is 0 Å². The Balaban J connectivity index is 2.32. The molecule has 1 atom stereocenters. The zero-order valence-electron chi connectivity index (χ0n) is 14.7. The molecule has 1 aliphatic rings. The third kappa shape index (κ3) is 5.06.